The summed E-state index contributed by atoms with van der Waals surface area (Å²) in [5.74, 6) is 0.616. The molecule has 0 aliphatic rings. The van der Waals surface area contributed by atoms with Gasteiger partial charge in [0, 0.05) is 11.2 Å². The van der Waals surface area contributed by atoms with E-state index in [1.165, 1.54) is 0 Å². The van der Waals surface area contributed by atoms with Crippen LogP contribution in [0.2, 0.25) is 15.1 Å². The molecule has 4 rings (SSSR count). The molecule has 0 aliphatic heterocycles. The van der Waals surface area contributed by atoms with Crippen molar-refractivity contribution in [2.75, 3.05) is 10.6 Å². The molecule has 2 heterocycles. The Morgan fingerprint density at radius 3 is 2.35 bits per heavy atom. The van der Waals surface area contributed by atoms with Crippen LogP contribution in [0.3, 0.4) is 0 Å². The average molecular weight is 599 g/mol. The molecule has 0 bridgehead atoms. The van der Waals surface area contributed by atoms with Crippen LogP contribution in [0.15, 0.2) is 53.1 Å². The van der Waals surface area contributed by atoms with Crippen LogP contribution in [0.5, 0.6) is 0 Å². The molecule has 0 aliphatic carbocycles. The van der Waals surface area contributed by atoms with E-state index in [1.807, 2.05) is 65.8 Å². The molecule has 0 saturated carbocycles. The van der Waals surface area contributed by atoms with Gasteiger partial charge in [-0.15, -0.1) is 0 Å². The van der Waals surface area contributed by atoms with E-state index in [1.54, 1.807) is 6.07 Å². The summed E-state index contributed by atoms with van der Waals surface area (Å²) in [7, 11) is 0. The van der Waals surface area contributed by atoms with Crippen LogP contribution in [0, 0.1) is 13.8 Å². The Bertz CT molecular complexity index is 1350. The minimum atomic E-state index is 0.415. The number of nitrogens with zero attached hydrogens (tertiary/aromatic N) is 4. The van der Waals surface area contributed by atoms with E-state index in [9.17, 15) is 0 Å². The molecule has 2 aromatic carbocycles. The van der Waals surface area contributed by atoms with E-state index in [0.717, 1.165) is 32.7 Å². The zero-order chi connectivity index (χ0) is 24.4. The molecule has 0 fully saturated rings. The number of rotatable bonds is 6. The maximum absolute atomic E-state index is 6.15. The minimum absolute atomic E-state index is 0.415. The number of thiocarbonyl (C=S) groups is 1. The van der Waals surface area contributed by atoms with Gasteiger partial charge in [-0.3, -0.25) is 9.36 Å². The number of aromatic nitrogens is 4. The first-order valence-corrected chi connectivity index (χ1v) is 12.6. The Balaban J connectivity index is 1.43. The molecule has 0 unspecified atom stereocenters. The third-order valence-electron chi connectivity index (χ3n) is 5.14. The molecule has 0 amide bonds. The number of aryl methyl sites for hydroxylation is 1. The van der Waals surface area contributed by atoms with Crippen molar-refractivity contribution in [2.24, 2.45) is 0 Å². The van der Waals surface area contributed by atoms with Crippen molar-refractivity contribution in [3.05, 3.63) is 90.7 Å². The second kappa shape index (κ2) is 10.7. The molecule has 176 valence electrons. The molecule has 2 N–H and O–H groups in total. The van der Waals surface area contributed by atoms with Crippen molar-refractivity contribution in [3.63, 3.8) is 0 Å². The Hall–Kier alpha value is -2.10. The minimum Gasteiger partial charge on any atom is -0.329 e. The maximum atomic E-state index is 6.15. The number of anilines is 2. The Kier molecular flexibility index (Phi) is 7.84. The smallest absolute Gasteiger partial charge is 0.176 e. The molecule has 2 aromatic heterocycles. The standard InChI is InChI=1S/C23H20BrCl3N6S/c1-13-21(14(2)33(30-13)11-16-5-8-19(26)20(27)9-16)28-23(34)29-22-18(24)12-32(31-22)10-15-3-6-17(25)7-4-15/h3-9,12H,10-11H2,1-2H3,(H2,28,29,31,34). The maximum Gasteiger partial charge on any atom is 0.176 e. The molecule has 34 heavy (non-hydrogen) atoms. The van der Waals surface area contributed by atoms with Crippen LogP contribution in [0.1, 0.15) is 22.5 Å². The fourth-order valence-corrected chi connectivity index (χ4v) is 4.49. The quantitative estimate of drug-likeness (QED) is 0.228. The SMILES string of the molecule is Cc1nn(Cc2ccc(Cl)c(Cl)c2)c(C)c1NC(=S)Nc1nn(Cc2ccc(Cl)cc2)cc1Br. The summed E-state index contributed by atoms with van der Waals surface area (Å²) >= 11 is 27.2. The number of hydrogen-bond acceptors (Lipinski definition) is 3. The van der Waals surface area contributed by atoms with E-state index >= 15 is 0 Å². The first-order chi connectivity index (χ1) is 16.2. The van der Waals surface area contributed by atoms with Crippen molar-refractivity contribution in [2.45, 2.75) is 26.9 Å². The monoisotopic (exact) mass is 596 g/mol. The van der Waals surface area contributed by atoms with Gasteiger partial charge in [0.2, 0.25) is 0 Å². The third kappa shape index (κ3) is 5.93. The predicted molar refractivity (Wildman–Crippen MR) is 148 cm³/mol. The van der Waals surface area contributed by atoms with Gasteiger partial charge >= 0.3 is 0 Å². The van der Waals surface area contributed by atoms with Gasteiger partial charge in [-0.05, 0) is 77.4 Å². The van der Waals surface area contributed by atoms with Crippen molar-refractivity contribution in [3.8, 4) is 0 Å². The van der Waals surface area contributed by atoms with Gasteiger partial charge in [-0.25, -0.2) is 0 Å². The Labute approximate surface area is 226 Å². The second-order valence-electron chi connectivity index (χ2n) is 7.68. The molecule has 6 nitrogen and oxygen atoms in total. The van der Waals surface area contributed by atoms with E-state index in [0.29, 0.717) is 39.1 Å². The normalized spacial score (nSPS) is 11.0. The fourth-order valence-electron chi connectivity index (χ4n) is 3.43. The molecular weight excluding hydrogens is 579 g/mol. The summed E-state index contributed by atoms with van der Waals surface area (Å²) in [4.78, 5) is 0. The molecule has 4 aromatic rings. The van der Waals surface area contributed by atoms with Crippen LogP contribution in [0.4, 0.5) is 11.5 Å². The van der Waals surface area contributed by atoms with Crippen LogP contribution in [-0.2, 0) is 13.1 Å². The van der Waals surface area contributed by atoms with Gasteiger partial charge in [-0.2, -0.15) is 10.2 Å². The molecule has 0 spiro atoms. The molecule has 0 radical (unpaired) electrons. The van der Waals surface area contributed by atoms with E-state index in [4.69, 9.17) is 47.0 Å². The number of benzene rings is 2. The second-order valence-corrected chi connectivity index (χ2v) is 10.2. The Morgan fingerprint density at radius 1 is 0.941 bits per heavy atom. The predicted octanol–water partition coefficient (Wildman–Crippen LogP) is 7.32. The zero-order valence-electron chi connectivity index (χ0n) is 18.2. The van der Waals surface area contributed by atoms with Gasteiger partial charge in [-0.1, -0.05) is 53.0 Å². The first kappa shape index (κ1) is 25.0. The molecule has 11 heteroatoms. The topological polar surface area (TPSA) is 59.7 Å². The van der Waals surface area contributed by atoms with Gasteiger partial charge < -0.3 is 10.6 Å². The number of halogens is 4. The summed E-state index contributed by atoms with van der Waals surface area (Å²) in [6.07, 6.45) is 1.89. The summed E-state index contributed by atoms with van der Waals surface area (Å²) in [6.45, 7) is 5.09. The molecule has 0 saturated heterocycles. The summed E-state index contributed by atoms with van der Waals surface area (Å²) in [5.41, 5.74) is 4.71. The zero-order valence-corrected chi connectivity index (χ0v) is 22.9. The lowest BCUT2D eigenvalue weighted by Crippen LogP contribution is -2.20. The lowest BCUT2D eigenvalue weighted by atomic mass is 10.2. The van der Waals surface area contributed by atoms with Crippen LogP contribution in [-0.4, -0.2) is 24.7 Å². The fraction of sp³-hybridized carbons (Fsp3) is 0.174. The summed E-state index contributed by atoms with van der Waals surface area (Å²) < 4.78 is 4.52. The van der Waals surface area contributed by atoms with Crippen LogP contribution >= 0.6 is 63.0 Å². The van der Waals surface area contributed by atoms with Crippen molar-refractivity contribution < 1.29 is 0 Å². The lowest BCUT2D eigenvalue weighted by Gasteiger charge is -2.10. The number of hydrogen-bond donors (Lipinski definition) is 2. The van der Waals surface area contributed by atoms with E-state index < -0.39 is 0 Å². The first-order valence-electron chi connectivity index (χ1n) is 10.2. The third-order valence-corrected chi connectivity index (χ3v) is 6.92. The highest BCUT2D eigenvalue weighted by atomic mass is 79.9. The Morgan fingerprint density at radius 2 is 1.65 bits per heavy atom. The van der Waals surface area contributed by atoms with Gasteiger partial charge in [0.25, 0.3) is 0 Å². The van der Waals surface area contributed by atoms with Crippen molar-refractivity contribution in [1.82, 2.24) is 19.6 Å². The number of nitrogens with one attached hydrogen (secondary N) is 2. The van der Waals surface area contributed by atoms with Crippen molar-refractivity contribution >= 4 is 79.6 Å². The summed E-state index contributed by atoms with van der Waals surface area (Å²) in [5, 5.41) is 17.8. The highest BCUT2D eigenvalue weighted by Crippen LogP contribution is 2.26. The van der Waals surface area contributed by atoms with E-state index in [2.05, 4.69) is 36.8 Å². The largest absolute Gasteiger partial charge is 0.329 e. The molecular formula is C23H20BrCl3N6S. The van der Waals surface area contributed by atoms with E-state index in [-0.39, 0.29) is 0 Å². The van der Waals surface area contributed by atoms with Gasteiger partial charge in [0.1, 0.15) is 0 Å². The van der Waals surface area contributed by atoms with Crippen LogP contribution in [0.25, 0.3) is 0 Å². The highest BCUT2D eigenvalue weighted by Gasteiger charge is 2.15. The van der Waals surface area contributed by atoms with Crippen LogP contribution < -0.4 is 10.6 Å². The molecule has 0 atom stereocenters. The average Bonchev–Trinajstić information content (AvgIpc) is 3.25. The summed E-state index contributed by atoms with van der Waals surface area (Å²) in [6, 6.07) is 13.2. The lowest BCUT2D eigenvalue weighted by molar-refractivity contribution is 0.659. The van der Waals surface area contributed by atoms with Gasteiger partial charge in [0.15, 0.2) is 10.9 Å². The van der Waals surface area contributed by atoms with Crippen molar-refractivity contribution in [1.29, 1.82) is 0 Å². The van der Waals surface area contributed by atoms with Gasteiger partial charge in [0.05, 0.1) is 44.7 Å². The highest BCUT2D eigenvalue weighted by molar-refractivity contribution is 9.10.